The van der Waals surface area contributed by atoms with E-state index in [-0.39, 0.29) is 5.82 Å². The molecule has 0 atom stereocenters. The first kappa shape index (κ1) is 8.68. The van der Waals surface area contributed by atoms with Crippen molar-refractivity contribution in [2.45, 2.75) is 6.42 Å². The maximum Gasteiger partial charge on any atom is 0.137 e. The first-order valence-electron chi connectivity index (χ1n) is 3.38. The summed E-state index contributed by atoms with van der Waals surface area (Å²) in [5.74, 6) is -0.226. The van der Waals surface area contributed by atoms with Gasteiger partial charge in [0.05, 0.1) is 4.47 Å². The summed E-state index contributed by atoms with van der Waals surface area (Å²) in [6.45, 7) is 0.544. The third-order valence-electron chi connectivity index (χ3n) is 1.45. The van der Waals surface area contributed by atoms with Crippen LogP contribution in [-0.4, -0.2) is 6.54 Å². The van der Waals surface area contributed by atoms with Crippen molar-refractivity contribution in [1.82, 2.24) is 0 Å². The molecule has 0 saturated carbocycles. The molecule has 3 heteroatoms. The molecule has 0 aliphatic heterocycles. The fourth-order valence-electron chi connectivity index (χ4n) is 0.897. The summed E-state index contributed by atoms with van der Waals surface area (Å²) < 4.78 is 13.3. The van der Waals surface area contributed by atoms with Crippen molar-refractivity contribution in [3.63, 3.8) is 0 Å². The zero-order chi connectivity index (χ0) is 8.27. The van der Waals surface area contributed by atoms with Crippen LogP contribution >= 0.6 is 15.9 Å². The Morgan fingerprint density at radius 1 is 1.45 bits per heavy atom. The van der Waals surface area contributed by atoms with Crippen LogP contribution in [0.4, 0.5) is 4.39 Å². The Morgan fingerprint density at radius 2 is 2.18 bits per heavy atom. The first-order chi connectivity index (χ1) is 5.25. The largest absolute Gasteiger partial charge is 0.330 e. The van der Waals surface area contributed by atoms with Crippen molar-refractivity contribution >= 4 is 15.9 Å². The second-order valence-electron chi connectivity index (χ2n) is 2.25. The van der Waals surface area contributed by atoms with E-state index in [1.165, 1.54) is 6.07 Å². The van der Waals surface area contributed by atoms with Crippen molar-refractivity contribution in [1.29, 1.82) is 0 Å². The van der Waals surface area contributed by atoms with E-state index in [0.717, 1.165) is 5.56 Å². The summed E-state index contributed by atoms with van der Waals surface area (Å²) in [7, 11) is 0. The number of nitrogens with two attached hydrogens (primary N) is 1. The standard InChI is InChI=1S/C8H9BrFN/c9-8-6(4-5-11)2-1-3-7(8)10/h1-3H,4-5,11H2. The van der Waals surface area contributed by atoms with Gasteiger partial charge in [-0.2, -0.15) is 0 Å². The number of halogens is 2. The third-order valence-corrected chi connectivity index (χ3v) is 2.33. The van der Waals surface area contributed by atoms with E-state index in [4.69, 9.17) is 5.73 Å². The van der Waals surface area contributed by atoms with E-state index in [9.17, 15) is 4.39 Å². The zero-order valence-electron chi connectivity index (χ0n) is 5.98. The van der Waals surface area contributed by atoms with Gasteiger partial charge in [0.15, 0.2) is 0 Å². The average Bonchev–Trinajstić information content (AvgIpc) is 1.99. The molecule has 1 aromatic carbocycles. The van der Waals surface area contributed by atoms with Gasteiger partial charge in [0.1, 0.15) is 5.82 Å². The van der Waals surface area contributed by atoms with Crippen molar-refractivity contribution in [3.8, 4) is 0 Å². The van der Waals surface area contributed by atoms with Gasteiger partial charge in [-0.15, -0.1) is 0 Å². The lowest BCUT2D eigenvalue weighted by Gasteiger charge is -2.01. The topological polar surface area (TPSA) is 26.0 Å². The summed E-state index contributed by atoms with van der Waals surface area (Å²) >= 11 is 3.15. The molecule has 0 aromatic heterocycles. The first-order valence-corrected chi connectivity index (χ1v) is 4.18. The average molecular weight is 218 g/mol. The highest BCUT2D eigenvalue weighted by Gasteiger charge is 2.02. The predicted molar refractivity (Wildman–Crippen MR) is 46.9 cm³/mol. The van der Waals surface area contributed by atoms with Crippen LogP contribution in [-0.2, 0) is 6.42 Å². The van der Waals surface area contributed by atoms with Gasteiger partial charge in [0, 0.05) is 0 Å². The van der Waals surface area contributed by atoms with Gasteiger partial charge < -0.3 is 5.73 Å². The Bertz CT molecular complexity index is 250. The fourth-order valence-corrected chi connectivity index (χ4v) is 1.36. The Balaban J connectivity index is 2.96. The number of hydrogen-bond donors (Lipinski definition) is 1. The monoisotopic (exact) mass is 217 g/mol. The highest BCUT2D eigenvalue weighted by Crippen LogP contribution is 2.20. The summed E-state index contributed by atoms with van der Waals surface area (Å²) in [6, 6.07) is 4.97. The minimum Gasteiger partial charge on any atom is -0.330 e. The number of hydrogen-bond acceptors (Lipinski definition) is 1. The molecular formula is C8H9BrFN. The minimum atomic E-state index is -0.226. The smallest absolute Gasteiger partial charge is 0.137 e. The Hall–Kier alpha value is -0.410. The molecule has 1 aromatic rings. The summed E-state index contributed by atoms with van der Waals surface area (Å²) in [4.78, 5) is 0. The van der Waals surface area contributed by atoms with Crippen molar-refractivity contribution in [2.24, 2.45) is 5.73 Å². The Kier molecular flexibility index (Phi) is 3.02. The van der Waals surface area contributed by atoms with Crippen LogP contribution in [0.2, 0.25) is 0 Å². The second-order valence-corrected chi connectivity index (χ2v) is 3.04. The highest BCUT2D eigenvalue weighted by molar-refractivity contribution is 9.10. The summed E-state index contributed by atoms with van der Waals surface area (Å²) in [5.41, 5.74) is 6.26. The lowest BCUT2D eigenvalue weighted by atomic mass is 10.1. The molecule has 0 heterocycles. The molecule has 60 valence electrons. The van der Waals surface area contributed by atoms with Crippen LogP contribution in [0.3, 0.4) is 0 Å². The maximum atomic E-state index is 12.8. The predicted octanol–water partition coefficient (Wildman–Crippen LogP) is 2.09. The van der Waals surface area contributed by atoms with Gasteiger partial charge in [-0.3, -0.25) is 0 Å². The Labute approximate surface area is 73.5 Å². The van der Waals surface area contributed by atoms with E-state index >= 15 is 0 Å². The summed E-state index contributed by atoms with van der Waals surface area (Å²) in [5, 5.41) is 0. The van der Waals surface area contributed by atoms with E-state index in [0.29, 0.717) is 17.4 Å². The van der Waals surface area contributed by atoms with Crippen LogP contribution < -0.4 is 5.73 Å². The highest BCUT2D eigenvalue weighted by atomic mass is 79.9. The molecule has 0 radical (unpaired) electrons. The van der Waals surface area contributed by atoms with Crippen molar-refractivity contribution in [2.75, 3.05) is 6.54 Å². The van der Waals surface area contributed by atoms with E-state index in [2.05, 4.69) is 15.9 Å². The zero-order valence-corrected chi connectivity index (χ0v) is 7.57. The van der Waals surface area contributed by atoms with E-state index in [1.807, 2.05) is 6.07 Å². The molecule has 0 saturated heterocycles. The fraction of sp³-hybridized carbons (Fsp3) is 0.250. The molecule has 2 N–H and O–H groups in total. The summed E-state index contributed by atoms with van der Waals surface area (Å²) in [6.07, 6.45) is 0.707. The molecule has 1 nitrogen and oxygen atoms in total. The molecule has 11 heavy (non-hydrogen) atoms. The quantitative estimate of drug-likeness (QED) is 0.807. The third kappa shape index (κ3) is 2.01. The normalized spacial score (nSPS) is 10.1. The van der Waals surface area contributed by atoms with Gasteiger partial charge >= 0.3 is 0 Å². The van der Waals surface area contributed by atoms with Crippen molar-refractivity contribution < 1.29 is 4.39 Å². The molecule has 0 amide bonds. The second kappa shape index (κ2) is 3.83. The molecule has 0 aliphatic rings. The van der Waals surface area contributed by atoms with E-state index in [1.54, 1.807) is 6.07 Å². The number of rotatable bonds is 2. The lowest BCUT2D eigenvalue weighted by Crippen LogP contribution is -2.03. The molecular weight excluding hydrogens is 209 g/mol. The molecule has 0 spiro atoms. The van der Waals surface area contributed by atoms with Gasteiger partial charge in [0.2, 0.25) is 0 Å². The van der Waals surface area contributed by atoms with Gasteiger partial charge in [-0.1, -0.05) is 12.1 Å². The lowest BCUT2D eigenvalue weighted by molar-refractivity contribution is 0.618. The van der Waals surface area contributed by atoms with Crippen molar-refractivity contribution in [3.05, 3.63) is 34.1 Å². The molecule has 0 aliphatic carbocycles. The van der Waals surface area contributed by atoms with Crippen LogP contribution in [0, 0.1) is 5.82 Å². The molecule has 1 rings (SSSR count). The van der Waals surface area contributed by atoms with Crippen LogP contribution in [0.25, 0.3) is 0 Å². The van der Waals surface area contributed by atoms with Gasteiger partial charge in [-0.05, 0) is 40.5 Å². The number of benzene rings is 1. The van der Waals surface area contributed by atoms with Crippen LogP contribution in [0.15, 0.2) is 22.7 Å². The SMILES string of the molecule is NCCc1cccc(F)c1Br. The molecule has 0 unspecified atom stereocenters. The van der Waals surface area contributed by atoms with Crippen LogP contribution in [0.1, 0.15) is 5.56 Å². The maximum absolute atomic E-state index is 12.8. The van der Waals surface area contributed by atoms with Gasteiger partial charge in [0.25, 0.3) is 0 Å². The van der Waals surface area contributed by atoms with Gasteiger partial charge in [-0.25, -0.2) is 4.39 Å². The molecule has 0 fully saturated rings. The van der Waals surface area contributed by atoms with Crippen LogP contribution in [0.5, 0.6) is 0 Å². The minimum absolute atomic E-state index is 0.226. The van der Waals surface area contributed by atoms with E-state index < -0.39 is 0 Å². The molecule has 0 bridgehead atoms. The Morgan fingerprint density at radius 3 is 2.82 bits per heavy atom.